The molecule has 1 N–H and O–H groups in total. The van der Waals surface area contributed by atoms with Gasteiger partial charge in [0, 0.05) is 24.4 Å². The Hall–Kier alpha value is -2.70. The molecule has 148 valence electrons. The van der Waals surface area contributed by atoms with Gasteiger partial charge < -0.3 is 14.4 Å². The molecule has 2 aromatic rings. The van der Waals surface area contributed by atoms with Crippen molar-refractivity contribution in [2.24, 2.45) is 5.92 Å². The van der Waals surface area contributed by atoms with E-state index in [0.717, 1.165) is 25.7 Å². The van der Waals surface area contributed by atoms with Gasteiger partial charge in [-0.25, -0.2) is 14.2 Å². The first-order valence-electron chi connectivity index (χ1n) is 9.77. The van der Waals surface area contributed by atoms with E-state index in [4.69, 9.17) is 4.42 Å². The van der Waals surface area contributed by atoms with Crippen LogP contribution in [0.25, 0.3) is 11.3 Å². The smallest absolute Gasteiger partial charge is 0.326 e. The summed E-state index contributed by atoms with van der Waals surface area (Å²) < 4.78 is 18.7. The largest absolute Gasteiger partial charge is 0.480 e. The number of aliphatic carboxylic acids is 1. The van der Waals surface area contributed by atoms with Crippen LogP contribution in [0.2, 0.25) is 0 Å². The van der Waals surface area contributed by atoms with Gasteiger partial charge in [-0.1, -0.05) is 12.8 Å². The van der Waals surface area contributed by atoms with Crippen molar-refractivity contribution < 1.29 is 23.5 Å². The van der Waals surface area contributed by atoms with Crippen LogP contribution in [0.4, 0.5) is 4.39 Å². The molecule has 28 heavy (non-hydrogen) atoms. The molecule has 1 aliphatic heterocycles. The minimum atomic E-state index is -0.919. The highest BCUT2D eigenvalue weighted by Gasteiger charge is 2.47. The average molecular weight is 386 g/mol. The number of rotatable bonds is 5. The van der Waals surface area contributed by atoms with Gasteiger partial charge in [0.25, 0.3) is 0 Å². The van der Waals surface area contributed by atoms with Crippen LogP contribution in [0.15, 0.2) is 34.9 Å². The first-order valence-corrected chi connectivity index (χ1v) is 9.77. The second-order valence-electron chi connectivity index (χ2n) is 7.63. The van der Waals surface area contributed by atoms with Crippen LogP contribution in [0.1, 0.15) is 44.4 Å². The Labute approximate surface area is 162 Å². The number of hydrogen-bond acceptors (Lipinski definition) is 4. The Kier molecular flexibility index (Phi) is 5.15. The quantitative estimate of drug-likeness (QED) is 0.848. The molecule has 2 fully saturated rings. The van der Waals surface area contributed by atoms with Crippen LogP contribution >= 0.6 is 0 Å². The van der Waals surface area contributed by atoms with Crippen molar-refractivity contribution in [2.75, 3.05) is 0 Å². The summed E-state index contributed by atoms with van der Waals surface area (Å²) in [4.78, 5) is 30.3. The number of hydrogen-bond donors (Lipinski definition) is 1. The standard InChI is InChI=1S/C21H23FN2O4/c22-15-7-5-13(6-8-15)18-12-23-19(28-18)9-10-20(25)24-16-4-2-1-3-14(16)11-17(24)21(26)27/h5-8,12,14,16-17H,1-4,9-11H2,(H,26,27). The van der Waals surface area contributed by atoms with Crippen molar-refractivity contribution in [3.8, 4) is 11.3 Å². The molecular formula is C21H23FN2O4. The first kappa shape index (κ1) is 18.7. The Morgan fingerprint density at radius 1 is 1.21 bits per heavy atom. The van der Waals surface area contributed by atoms with E-state index >= 15 is 0 Å². The van der Waals surface area contributed by atoms with E-state index in [1.54, 1.807) is 23.2 Å². The van der Waals surface area contributed by atoms with Crippen molar-refractivity contribution in [1.82, 2.24) is 9.88 Å². The second-order valence-corrected chi connectivity index (χ2v) is 7.63. The van der Waals surface area contributed by atoms with E-state index < -0.39 is 12.0 Å². The molecule has 3 atom stereocenters. The summed E-state index contributed by atoms with van der Waals surface area (Å²) in [6.45, 7) is 0. The summed E-state index contributed by atoms with van der Waals surface area (Å²) >= 11 is 0. The first-order chi connectivity index (χ1) is 13.5. The average Bonchev–Trinajstić information content (AvgIpc) is 3.31. The number of aromatic nitrogens is 1. The van der Waals surface area contributed by atoms with Crippen LogP contribution in [-0.2, 0) is 16.0 Å². The summed E-state index contributed by atoms with van der Waals surface area (Å²) in [6.07, 6.45) is 6.61. The summed E-state index contributed by atoms with van der Waals surface area (Å²) in [5.74, 6) is -0.168. The molecule has 1 amide bonds. The number of oxazole rings is 1. The van der Waals surface area contributed by atoms with E-state index in [-0.39, 0.29) is 24.2 Å². The fraction of sp³-hybridized carbons (Fsp3) is 0.476. The summed E-state index contributed by atoms with van der Waals surface area (Å²) in [7, 11) is 0. The van der Waals surface area contributed by atoms with Gasteiger partial charge in [-0.2, -0.15) is 0 Å². The number of aryl methyl sites for hydroxylation is 1. The third-order valence-electron chi connectivity index (χ3n) is 5.90. The number of fused-ring (bicyclic) bond motifs is 1. The third kappa shape index (κ3) is 3.66. The van der Waals surface area contributed by atoms with Gasteiger partial charge in [0.05, 0.1) is 6.20 Å². The van der Waals surface area contributed by atoms with E-state index in [9.17, 15) is 19.1 Å². The van der Waals surface area contributed by atoms with Gasteiger partial charge in [0.2, 0.25) is 5.91 Å². The van der Waals surface area contributed by atoms with Gasteiger partial charge >= 0.3 is 5.97 Å². The van der Waals surface area contributed by atoms with Gasteiger partial charge in [-0.05, 0) is 49.4 Å². The molecule has 2 heterocycles. The molecule has 7 heteroatoms. The lowest BCUT2D eigenvalue weighted by Gasteiger charge is -2.33. The zero-order chi connectivity index (χ0) is 19.7. The highest BCUT2D eigenvalue weighted by molar-refractivity contribution is 5.85. The molecule has 0 spiro atoms. The molecule has 0 bridgehead atoms. The second kappa shape index (κ2) is 7.73. The van der Waals surface area contributed by atoms with Crippen molar-refractivity contribution in [2.45, 2.75) is 57.0 Å². The fourth-order valence-corrected chi connectivity index (χ4v) is 4.56. The van der Waals surface area contributed by atoms with E-state index in [1.165, 1.54) is 12.1 Å². The van der Waals surface area contributed by atoms with E-state index in [2.05, 4.69) is 4.98 Å². The number of carbonyl (C=O) groups is 2. The number of likely N-dealkylation sites (tertiary alicyclic amines) is 1. The molecule has 4 rings (SSSR count). The highest BCUT2D eigenvalue weighted by Crippen LogP contribution is 2.40. The minimum absolute atomic E-state index is 0.0432. The zero-order valence-corrected chi connectivity index (χ0v) is 15.5. The molecular weight excluding hydrogens is 363 g/mol. The number of carbonyl (C=O) groups excluding carboxylic acids is 1. The SMILES string of the molecule is O=C(O)C1CC2CCCCC2N1C(=O)CCc1ncc(-c2ccc(F)cc2)o1. The number of nitrogens with zero attached hydrogens (tertiary/aromatic N) is 2. The number of amides is 1. The normalized spacial score (nSPS) is 24.2. The van der Waals surface area contributed by atoms with Crippen molar-refractivity contribution >= 4 is 11.9 Å². The topological polar surface area (TPSA) is 83.6 Å². The van der Waals surface area contributed by atoms with Gasteiger partial charge in [-0.3, -0.25) is 4.79 Å². The summed E-state index contributed by atoms with van der Waals surface area (Å²) in [5, 5.41) is 9.56. The lowest BCUT2D eigenvalue weighted by molar-refractivity contribution is -0.149. The van der Waals surface area contributed by atoms with Crippen LogP contribution in [0.5, 0.6) is 0 Å². The Morgan fingerprint density at radius 3 is 2.71 bits per heavy atom. The maximum Gasteiger partial charge on any atom is 0.326 e. The zero-order valence-electron chi connectivity index (χ0n) is 15.5. The van der Waals surface area contributed by atoms with E-state index in [1.807, 2.05) is 0 Å². The predicted octanol–water partition coefficient (Wildman–Crippen LogP) is 3.66. The van der Waals surface area contributed by atoms with Crippen molar-refractivity contribution in [3.63, 3.8) is 0 Å². The Balaban J connectivity index is 1.42. The molecule has 3 unspecified atom stereocenters. The molecule has 1 aromatic carbocycles. The molecule has 6 nitrogen and oxygen atoms in total. The predicted molar refractivity (Wildman–Crippen MR) is 98.9 cm³/mol. The van der Waals surface area contributed by atoms with Crippen molar-refractivity contribution in [3.05, 3.63) is 42.2 Å². The highest BCUT2D eigenvalue weighted by atomic mass is 19.1. The van der Waals surface area contributed by atoms with Crippen LogP contribution in [-0.4, -0.2) is 39.0 Å². The molecule has 1 saturated carbocycles. The number of carboxylic acids is 1. The maximum absolute atomic E-state index is 13.0. The van der Waals surface area contributed by atoms with Crippen LogP contribution in [0.3, 0.4) is 0 Å². The summed E-state index contributed by atoms with van der Waals surface area (Å²) in [6, 6.07) is 5.23. The van der Waals surface area contributed by atoms with Crippen LogP contribution < -0.4 is 0 Å². The van der Waals surface area contributed by atoms with Gasteiger partial charge in [0.15, 0.2) is 11.7 Å². The number of carboxylic acid groups (broad SMARTS) is 1. The van der Waals surface area contributed by atoms with Gasteiger partial charge in [-0.15, -0.1) is 0 Å². The molecule has 2 aliphatic rings. The molecule has 0 radical (unpaired) electrons. The van der Waals surface area contributed by atoms with E-state index in [0.29, 0.717) is 36.0 Å². The lowest BCUT2D eigenvalue weighted by atomic mass is 9.84. The van der Waals surface area contributed by atoms with Crippen LogP contribution in [0, 0.1) is 11.7 Å². The van der Waals surface area contributed by atoms with Gasteiger partial charge in [0.1, 0.15) is 11.9 Å². The fourth-order valence-electron chi connectivity index (χ4n) is 4.56. The Bertz CT molecular complexity index is 864. The lowest BCUT2D eigenvalue weighted by Crippen LogP contribution is -2.46. The summed E-state index contributed by atoms with van der Waals surface area (Å²) in [5.41, 5.74) is 0.710. The molecule has 1 aliphatic carbocycles. The van der Waals surface area contributed by atoms with Crippen molar-refractivity contribution in [1.29, 1.82) is 0 Å². The molecule has 1 aromatic heterocycles. The monoisotopic (exact) mass is 386 g/mol. The number of benzene rings is 1. The number of halogens is 1. The minimum Gasteiger partial charge on any atom is -0.480 e. The Morgan fingerprint density at radius 2 is 1.96 bits per heavy atom. The maximum atomic E-state index is 13.0. The third-order valence-corrected chi connectivity index (χ3v) is 5.90. The molecule has 1 saturated heterocycles.